The Balaban J connectivity index is 1.70. The van der Waals surface area contributed by atoms with Gasteiger partial charge in [-0.2, -0.15) is 0 Å². The van der Waals surface area contributed by atoms with E-state index in [1.165, 1.54) is 6.20 Å². The molecule has 1 aliphatic carbocycles. The van der Waals surface area contributed by atoms with E-state index in [1.807, 2.05) is 0 Å². The van der Waals surface area contributed by atoms with Gasteiger partial charge in [-0.05, 0) is 40.9 Å². The van der Waals surface area contributed by atoms with Crippen LogP contribution in [0, 0.1) is 0 Å². The third kappa shape index (κ3) is 4.10. The molecule has 1 aliphatic rings. The first kappa shape index (κ1) is 13.0. The van der Waals surface area contributed by atoms with Gasteiger partial charge in [-0.3, -0.25) is 9.59 Å². The second-order valence-electron chi connectivity index (χ2n) is 4.22. The molecule has 5 nitrogen and oxygen atoms in total. The predicted molar refractivity (Wildman–Crippen MR) is 70.1 cm³/mol. The molecule has 0 radical (unpaired) electrons. The maximum absolute atomic E-state index is 11.7. The van der Waals surface area contributed by atoms with Crippen molar-refractivity contribution < 1.29 is 9.59 Å². The molecule has 6 heteroatoms. The van der Waals surface area contributed by atoms with Crippen LogP contribution in [0.4, 0.5) is 0 Å². The quantitative estimate of drug-likeness (QED) is 0.804. The molecule has 1 heterocycles. The van der Waals surface area contributed by atoms with Gasteiger partial charge in [-0.15, -0.1) is 0 Å². The first-order valence-corrected chi connectivity index (χ1v) is 6.63. The number of hydrogen-bond acceptors (Lipinski definition) is 3. The van der Waals surface area contributed by atoms with Gasteiger partial charge in [0.15, 0.2) is 0 Å². The minimum Gasteiger partial charge on any atom is -0.353 e. The molecule has 1 fully saturated rings. The first-order chi connectivity index (χ1) is 8.65. The molecule has 0 bridgehead atoms. The van der Waals surface area contributed by atoms with Gasteiger partial charge in [0.25, 0.3) is 5.91 Å². The number of halogens is 1. The summed E-state index contributed by atoms with van der Waals surface area (Å²) >= 11 is 3.20. The van der Waals surface area contributed by atoms with Gasteiger partial charge < -0.3 is 10.6 Å². The number of carbonyl (C=O) groups excluding carboxylic acids is 2. The molecule has 1 aromatic heterocycles. The van der Waals surface area contributed by atoms with Crippen molar-refractivity contribution in [1.82, 2.24) is 15.6 Å². The van der Waals surface area contributed by atoms with Crippen molar-refractivity contribution in [2.45, 2.75) is 25.3 Å². The Labute approximate surface area is 113 Å². The maximum atomic E-state index is 11.7. The summed E-state index contributed by atoms with van der Waals surface area (Å²) in [5.74, 6) is -0.221. The van der Waals surface area contributed by atoms with Crippen LogP contribution in [-0.4, -0.2) is 29.4 Å². The molecule has 1 saturated carbocycles. The van der Waals surface area contributed by atoms with Crippen LogP contribution in [0.15, 0.2) is 22.9 Å². The lowest BCUT2D eigenvalue weighted by molar-refractivity contribution is -0.121. The van der Waals surface area contributed by atoms with E-state index < -0.39 is 0 Å². The maximum Gasteiger partial charge on any atom is 0.252 e. The zero-order valence-corrected chi connectivity index (χ0v) is 11.4. The molecule has 96 valence electrons. The second kappa shape index (κ2) is 5.95. The van der Waals surface area contributed by atoms with Crippen LogP contribution in [0.2, 0.25) is 0 Å². The van der Waals surface area contributed by atoms with Crippen molar-refractivity contribution >= 4 is 27.7 Å². The Morgan fingerprint density at radius 1 is 1.39 bits per heavy atom. The fourth-order valence-corrected chi connectivity index (χ4v) is 1.66. The highest BCUT2D eigenvalue weighted by molar-refractivity contribution is 9.10. The fraction of sp³-hybridized carbons (Fsp3) is 0.417. The van der Waals surface area contributed by atoms with Crippen LogP contribution >= 0.6 is 15.9 Å². The normalized spacial score (nSPS) is 14.1. The summed E-state index contributed by atoms with van der Waals surface area (Å²) in [6, 6.07) is 3.75. The zero-order chi connectivity index (χ0) is 13.0. The zero-order valence-electron chi connectivity index (χ0n) is 9.78. The Bertz CT molecular complexity index is 443. The number of pyridine rings is 1. The molecule has 2 rings (SSSR count). The molecular formula is C12H14BrN3O2. The van der Waals surface area contributed by atoms with Gasteiger partial charge in [0.1, 0.15) is 4.60 Å². The lowest BCUT2D eigenvalue weighted by atomic mass is 10.2. The number of nitrogens with one attached hydrogen (secondary N) is 2. The number of carbonyl (C=O) groups is 2. The van der Waals surface area contributed by atoms with Crippen molar-refractivity contribution in [3.8, 4) is 0 Å². The topological polar surface area (TPSA) is 71.1 Å². The van der Waals surface area contributed by atoms with Gasteiger partial charge >= 0.3 is 0 Å². The molecule has 0 aliphatic heterocycles. The van der Waals surface area contributed by atoms with Crippen LogP contribution in [0.25, 0.3) is 0 Å². The standard InChI is InChI=1S/C12H14BrN3O2/c13-10-4-1-8(7-15-10)12(18)14-6-5-11(17)16-9-2-3-9/h1,4,7,9H,2-3,5-6H2,(H,14,18)(H,16,17). The van der Waals surface area contributed by atoms with Crippen LogP contribution in [-0.2, 0) is 4.79 Å². The molecule has 2 N–H and O–H groups in total. The SMILES string of the molecule is O=C(CCNC(=O)c1ccc(Br)nc1)NC1CC1. The van der Waals surface area contributed by atoms with E-state index in [2.05, 4.69) is 31.5 Å². The van der Waals surface area contributed by atoms with Crippen LogP contribution < -0.4 is 10.6 Å². The van der Waals surface area contributed by atoms with E-state index in [4.69, 9.17) is 0 Å². The van der Waals surface area contributed by atoms with Gasteiger partial charge in [0.05, 0.1) is 5.56 Å². The third-order valence-electron chi connectivity index (χ3n) is 2.57. The molecular weight excluding hydrogens is 298 g/mol. The van der Waals surface area contributed by atoms with E-state index in [1.54, 1.807) is 12.1 Å². The van der Waals surface area contributed by atoms with E-state index in [0.29, 0.717) is 29.2 Å². The monoisotopic (exact) mass is 311 g/mol. The summed E-state index contributed by atoms with van der Waals surface area (Å²) in [5.41, 5.74) is 0.487. The Morgan fingerprint density at radius 3 is 2.78 bits per heavy atom. The predicted octanol–water partition coefficient (Wildman–Crippen LogP) is 1.24. The molecule has 0 atom stereocenters. The Hall–Kier alpha value is -1.43. The largest absolute Gasteiger partial charge is 0.353 e. The summed E-state index contributed by atoms with van der Waals surface area (Å²) in [5, 5.41) is 5.55. The van der Waals surface area contributed by atoms with Crippen LogP contribution in [0.5, 0.6) is 0 Å². The Morgan fingerprint density at radius 2 is 2.17 bits per heavy atom. The molecule has 18 heavy (non-hydrogen) atoms. The van der Waals surface area contributed by atoms with Gasteiger partial charge in [0.2, 0.25) is 5.91 Å². The minimum absolute atomic E-state index is 0.00766. The summed E-state index contributed by atoms with van der Waals surface area (Å²) in [6.45, 7) is 0.341. The molecule has 0 spiro atoms. The molecule has 0 aromatic carbocycles. The highest BCUT2D eigenvalue weighted by atomic mass is 79.9. The average Bonchev–Trinajstić information content (AvgIpc) is 3.13. The van der Waals surface area contributed by atoms with Gasteiger partial charge in [-0.25, -0.2) is 4.98 Å². The van der Waals surface area contributed by atoms with Crippen LogP contribution in [0.1, 0.15) is 29.6 Å². The van der Waals surface area contributed by atoms with Crippen molar-refractivity contribution in [2.24, 2.45) is 0 Å². The number of hydrogen-bond donors (Lipinski definition) is 2. The van der Waals surface area contributed by atoms with Crippen molar-refractivity contribution in [3.63, 3.8) is 0 Å². The number of amides is 2. The fourth-order valence-electron chi connectivity index (χ4n) is 1.43. The molecule has 1 aromatic rings. The molecule has 0 unspecified atom stereocenters. The van der Waals surface area contributed by atoms with Crippen molar-refractivity contribution in [2.75, 3.05) is 6.54 Å². The molecule has 2 amide bonds. The second-order valence-corrected chi connectivity index (χ2v) is 5.03. The summed E-state index contributed by atoms with van der Waals surface area (Å²) in [4.78, 5) is 27.0. The first-order valence-electron chi connectivity index (χ1n) is 5.84. The van der Waals surface area contributed by atoms with E-state index in [0.717, 1.165) is 12.8 Å². The summed E-state index contributed by atoms with van der Waals surface area (Å²) < 4.78 is 0.683. The highest BCUT2D eigenvalue weighted by Gasteiger charge is 2.22. The van der Waals surface area contributed by atoms with Crippen molar-refractivity contribution in [3.05, 3.63) is 28.5 Å². The lowest BCUT2D eigenvalue weighted by Gasteiger charge is -2.05. The van der Waals surface area contributed by atoms with E-state index in [-0.39, 0.29) is 11.8 Å². The third-order valence-corrected chi connectivity index (χ3v) is 3.04. The van der Waals surface area contributed by atoms with E-state index in [9.17, 15) is 9.59 Å². The van der Waals surface area contributed by atoms with Gasteiger partial charge in [-0.1, -0.05) is 0 Å². The smallest absolute Gasteiger partial charge is 0.252 e. The van der Waals surface area contributed by atoms with Crippen molar-refractivity contribution in [1.29, 1.82) is 0 Å². The summed E-state index contributed by atoms with van der Waals surface area (Å²) in [6.07, 6.45) is 3.95. The number of nitrogens with zero attached hydrogens (tertiary/aromatic N) is 1. The molecule has 0 saturated heterocycles. The average molecular weight is 312 g/mol. The number of rotatable bonds is 5. The lowest BCUT2D eigenvalue weighted by Crippen LogP contribution is -2.31. The van der Waals surface area contributed by atoms with Crippen LogP contribution in [0.3, 0.4) is 0 Å². The minimum atomic E-state index is -0.214. The van der Waals surface area contributed by atoms with Gasteiger partial charge in [0, 0.05) is 25.2 Å². The number of aromatic nitrogens is 1. The van der Waals surface area contributed by atoms with E-state index >= 15 is 0 Å². The Kier molecular flexibility index (Phi) is 4.30. The summed E-state index contributed by atoms with van der Waals surface area (Å²) in [7, 11) is 0. The highest BCUT2D eigenvalue weighted by Crippen LogP contribution is 2.18.